The molecule has 5 N–H and O–H groups in total. The first-order valence-electron chi connectivity index (χ1n) is 6.91. The minimum Gasteiger partial charge on any atom is -0.480 e. The van der Waals surface area contributed by atoms with Gasteiger partial charge in [-0.05, 0) is 20.8 Å². The number of rotatable bonds is 3. The maximum absolute atomic E-state index is 12.0. The smallest absolute Gasteiger partial charge is 0.410 e. The third-order valence-electron chi connectivity index (χ3n) is 3.13. The summed E-state index contributed by atoms with van der Waals surface area (Å²) in [6.07, 6.45) is -2.04. The zero-order chi connectivity index (χ0) is 16.5. The summed E-state index contributed by atoms with van der Waals surface area (Å²) in [6, 6.07) is -0.573. The molecule has 0 aromatic carbocycles. The van der Waals surface area contributed by atoms with E-state index in [9.17, 15) is 14.4 Å². The number of carbonyl (C=O) groups excluding carboxylic acids is 2. The van der Waals surface area contributed by atoms with Crippen LogP contribution in [0.5, 0.6) is 0 Å². The number of nitrogens with one attached hydrogen (secondary N) is 4. The second kappa shape index (κ2) is 6.07. The zero-order valence-corrected chi connectivity index (χ0v) is 12.7. The molecule has 0 bridgehead atoms. The summed E-state index contributed by atoms with van der Waals surface area (Å²) >= 11 is 0. The van der Waals surface area contributed by atoms with Gasteiger partial charge in [0.05, 0.1) is 19.4 Å². The maximum atomic E-state index is 12.0. The fourth-order valence-electron chi connectivity index (χ4n) is 2.35. The van der Waals surface area contributed by atoms with Crippen molar-refractivity contribution < 1.29 is 24.2 Å². The second-order valence-corrected chi connectivity index (χ2v) is 6.18. The van der Waals surface area contributed by atoms with Gasteiger partial charge >= 0.3 is 12.1 Å². The van der Waals surface area contributed by atoms with Crippen LogP contribution < -0.4 is 21.3 Å². The van der Waals surface area contributed by atoms with Gasteiger partial charge < -0.3 is 15.2 Å². The van der Waals surface area contributed by atoms with Crippen LogP contribution in [0.2, 0.25) is 0 Å². The van der Waals surface area contributed by atoms with Crippen molar-refractivity contribution >= 4 is 18.0 Å². The predicted molar refractivity (Wildman–Crippen MR) is 74.4 cm³/mol. The number of fused-ring (bicyclic) bond motifs is 1. The largest absolute Gasteiger partial charge is 0.480 e. The summed E-state index contributed by atoms with van der Waals surface area (Å²) < 4.78 is 5.11. The molecule has 124 valence electrons. The number of hydrogen-bond acceptors (Lipinski definition) is 7. The summed E-state index contributed by atoms with van der Waals surface area (Å²) in [5.41, 5.74) is -0.657. The van der Waals surface area contributed by atoms with Crippen molar-refractivity contribution in [1.82, 2.24) is 26.2 Å². The normalized spacial score (nSPS) is 28.7. The molecule has 22 heavy (non-hydrogen) atoms. The highest BCUT2D eigenvalue weighted by Crippen LogP contribution is 2.13. The van der Waals surface area contributed by atoms with Crippen molar-refractivity contribution in [3.63, 3.8) is 0 Å². The van der Waals surface area contributed by atoms with E-state index in [0.29, 0.717) is 0 Å². The van der Waals surface area contributed by atoms with Crippen LogP contribution in [0, 0.1) is 0 Å². The standard InChI is InChI=1S/C12H21N5O5/c1-12(2,3)22-11(21)16-10-14-8-7(9(20)15-10)13-5-17(8)4-6(18)19/h7-8,10,13-14H,4-5H2,1-3H3,(H,15,20)(H,16,21)(H,18,19). The Morgan fingerprint density at radius 1 is 1.45 bits per heavy atom. The molecule has 3 unspecified atom stereocenters. The highest BCUT2D eigenvalue weighted by Gasteiger charge is 2.44. The minimum absolute atomic E-state index is 0.215. The first-order chi connectivity index (χ1) is 10.2. The molecule has 0 saturated carbocycles. The molecular formula is C12H21N5O5. The van der Waals surface area contributed by atoms with Crippen molar-refractivity contribution in [2.75, 3.05) is 13.2 Å². The number of amides is 2. The molecular weight excluding hydrogens is 294 g/mol. The molecule has 0 aromatic heterocycles. The lowest BCUT2D eigenvalue weighted by Crippen LogP contribution is -2.71. The lowest BCUT2D eigenvalue weighted by Gasteiger charge is -2.36. The van der Waals surface area contributed by atoms with Crippen LogP contribution >= 0.6 is 0 Å². The maximum Gasteiger partial charge on any atom is 0.410 e. The Morgan fingerprint density at radius 2 is 2.14 bits per heavy atom. The molecule has 3 atom stereocenters. The van der Waals surface area contributed by atoms with Crippen molar-refractivity contribution in [2.45, 2.75) is 44.9 Å². The van der Waals surface area contributed by atoms with E-state index >= 15 is 0 Å². The fraction of sp³-hybridized carbons (Fsp3) is 0.750. The van der Waals surface area contributed by atoms with Gasteiger partial charge in [0.15, 0.2) is 6.29 Å². The Kier molecular flexibility index (Phi) is 4.54. The molecule has 0 radical (unpaired) electrons. The van der Waals surface area contributed by atoms with E-state index < -0.39 is 36.2 Å². The van der Waals surface area contributed by atoms with Crippen LogP contribution in [0.4, 0.5) is 4.79 Å². The van der Waals surface area contributed by atoms with E-state index in [4.69, 9.17) is 9.84 Å². The van der Waals surface area contributed by atoms with Crippen LogP contribution in [0.15, 0.2) is 0 Å². The summed E-state index contributed by atoms with van der Waals surface area (Å²) in [4.78, 5) is 36.1. The zero-order valence-electron chi connectivity index (χ0n) is 12.7. The Balaban J connectivity index is 1.97. The SMILES string of the molecule is CC(C)(C)OC(=O)NC1NC(=O)C2NCN(CC(=O)O)C2N1. The second-order valence-electron chi connectivity index (χ2n) is 6.18. The molecule has 0 spiro atoms. The number of nitrogens with zero attached hydrogens (tertiary/aromatic N) is 1. The Morgan fingerprint density at radius 3 is 2.73 bits per heavy atom. The molecule has 2 heterocycles. The van der Waals surface area contributed by atoms with E-state index in [0.717, 1.165) is 0 Å². The first-order valence-corrected chi connectivity index (χ1v) is 6.91. The van der Waals surface area contributed by atoms with Crippen LogP contribution in [0.25, 0.3) is 0 Å². The predicted octanol–water partition coefficient (Wildman–Crippen LogP) is -1.84. The lowest BCUT2D eigenvalue weighted by atomic mass is 10.2. The quantitative estimate of drug-likeness (QED) is 0.410. The molecule has 10 heteroatoms. The van der Waals surface area contributed by atoms with E-state index in [2.05, 4.69) is 21.3 Å². The van der Waals surface area contributed by atoms with Gasteiger partial charge in [0, 0.05) is 0 Å². The Bertz CT molecular complexity index is 477. The first kappa shape index (κ1) is 16.5. The van der Waals surface area contributed by atoms with E-state index in [1.807, 2.05) is 0 Å². The van der Waals surface area contributed by atoms with Gasteiger partial charge in [-0.2, -0.15) is 0 Å². The molecule has 2 saturated heterocycles. The number of aliphatic carboxylic acids is 1. The van der Waals surface area contributed by atoms with Gasteiger partial charge in [-0.15, -0.1) is 0 Å². The summed E-state index contributed by atoms with van der Waals surface area (Å²) in [5.74, 6) is -1.32. The van der Waals surface area contributed by atoms with Gasteiger partial charge in [0.2, 0.25) is 5.91 Å². The minimum atomic E-state index is -0.994. The van der Waals surface area contributed by atoms with Gasteiger partial charge in [0.25, 0.3) is 0 Å². The van der Waals surface area contributed by atoms with Crippen LogP contribution in [0.3, 0.4) is 0 Å². The number of carbonyl (C=O) groups is 3. The van der Waals surface area contributed by atoms with Crippen molar-refractivity contribution in [1.29, 1.82) is 0 Å². The molecule has 2 aliphatic rings. The van der Waals surface area contributed by atoms with Gasteiger partial charge in [-0.1, -0.05) is 0 Å². The summed E-state index contributed by atoms with van der Waals surface area (Å²) in [6.45, 7) is 5.23. The number of alkyl carbamates (subject to hydrolysis) is 1. The van der Waals surface area contributed by atoms with Crippen molar-refractivity contribution in [2.24, 2.45) is 0 Å². The molecule has 2 amide bonds. The highest BCUT2D eigenvalue weighted by molar-refractivity contribution is 5.84. The van der Waals surface area contributed by atoms with Crippen molar-refractivity contribution in [3.05, 3.63) is 0 Å². The lowest BCUT2D eigenvalue weighted by molar-refractivity contribution is -0.139. The van der Waals surface area contributed by atoms with Gasteiger partial charge in [0.1, 0.15) is 11.6 Å². The molecule has 0 aromatic rings. The molecule has 10 nitrogen and oxygen atoms in total. The van der Waals surface area contributed by atoms with Crippen molar-refractivity contribution in [3.8, 4) is 0 Å². The molecule has 0 aliphatic carbocycles. The molecule has 2 rings (SSSR count). The summed E-state index contributed by atoms with van der Waals surface area (Å²) in [5, 5.41) is 19.8. The third kappa shape index (κ3) is 4.06. The summed E-state index contributed by atoms with van der Waals surface area (Å²) in [7, 11) is 0. The van der Waals surface area contributed by atoms with Gasteiger partial charge in [-0.25, -0.2) is 4.79 Å². The fourth-order valence-corrected chi connectivity index (χ4v) is 2.35. The molecule has 2 aliphatic heterocycles. The number of hydrogen-bond donors (Lipinski definition) is 5. The number of ether oxygens (including phenoxy) is 1. The Hall–Kier alpha value is -1.91. The average molecular weight is 315 g/mol. The monoisotopic (exact) mass is 315 g/mol. The van der Waals surface area contributed by atoms with E-state index in [-0.39, 0.29) is 19.1 Å². The number of carboxylic acids is 1. The molecule has 2 fully saturated rings. The number of carboxylic acid groups (broad SMARTS) is 1. The van der Waals surface area contributed by atoms with E-state index in [1.54, 1.807) is 25.7 Å². The van der Waals surface area contributed by atoms with E-state index in [1.165, 1.54) is 0 Å². The average Bonchev–Trinajstić information content (AvgIpc) is 2.69. The van der Waals surface area contributed by atoms with Gasteiger partial charge in [-0.3, -0.25) is 30.4 Å². The third-order valence-corrected chi connectivity index (χ3v) is 3.13. The Labute approximate surface area is 127 Å². The topological polar surface area (TPSA) is 132 Å². The van der Waals surface area contributed by atoms with Crippen LogP contribution in [0.1, 0.15) is 20.8 Å². The van der Waals surface area contributed by atoms with Crippen LogP contribution in [-0.2, 0) is 14.3 Å². The van der Waals surface area contributed by atoms with Crippen LogP contribution in [-0.4, -0.2) is 65.3 Å². The highest BCUT2D eigenvalue weighted by atomic mass is 16.6.